The minimum Gasteiger partial charge on any atom is -0.480 e. The summed E-state index contributed by atoms with van der Waals surface area (Å²) in [5, 5.41) is 15.2. The van der Waals surface area contributed by atoms with Crippen LogP contribution in [-0.4, -0.2) is 39.6 Å². The fourth-order valence-electron chi connectivity index (χ4n) is 1.33. The Morgan fingerprint density at radius 1 is 1.72 bits per heavy atom. The van der Waals surface area contributed by atoms with Gasteiger partial charge in [0.2, 0.25) is 0 Å². The summed E-state index contributed by atoms with van der Waals surface area (Å²) >= 11 is 0. The van der Waals surface area contributed by atoms with Crippen LogP contribution in [0.4, 0.5) is 4.79 Å². The molecule has 0 saturated heterocycles. The normalized spacial score (nSPS) is 11.6. The zero-order chi connectivity index (χ0) is 13.5. The molecule has 0 fully saturated rings. The van der Waals surface area contributed by atoms with E-state index < -0.39 is 18.1 Å². The summed E-state index contributed by atoms with van der Waals surface area (Å²) < 4.78 is 6.22. The molecule has 1 aromatic heterocycles. The highest BCUT2D eigenvalue weighted by Gasteiger charge is 2.22. The molecule has 0 spiro atoms. The van der Waals surface area contributed by atoms with Gasteiger partial charge in [-0.2, -0.15) is 5.10 Å². The highest BCUT2D eigenvalue weighted by Crippen LogP contribution is 2.02. The van der Waals surface area contributed by atoms with Gasteiger partial charge in [-0.1, -0.05) is 12.7 Å². The van der Waals surface area contributed by atoms with E-state index in [0.29, 0.717) is 5.69 Å². The topological polar surface area (TPSA) is 93.5 Å². The predicted octanol–water partition coefficient (Wildman–Crippen LogP) is 0.328. The zero-order valence-electron chi connectivity index (χ0n) is 10.00. The molecule has 7 nitrogen and oxygen atoms in total. The van der Waals surface area contributed by atoms with Crippen LogP contribution < -0.4 is 5.32 Å². The number of hydrogen-bond acceptors (Lipinski definition) is 4. The number of carboxylic acids is 1. The van der Waals surface area contributed by atoms with Crippen molar-refractivity contribution >= 4 is 12.1 Å². The number of amides is 1. The van der Waals surface area contributed by atoms with Crippen molar-refractivity contribution in [2.75, 3.05) is 6.61 Å². The lowest BCUT2D eigenvalue weighted by atomic mass is 10.1. The molecule has 0 aliphatic heterocycles. The van der Waals surface area contributed by atoms with E-state index in [0.717, 1.165) is 0 Å². The number of aliphatic carboxylic acids is 1. The van der Waals surface area contributed by atoms with Gasteiger partial charge in [0, 0.05) is 25.4 Å². The maximum Gasteiger partial charge on any atom is 0.408 e. The van der Waals surface area contributed by atoms with Crippen LogP contribution in [0, 0.1) is 0 Å². The van der Waals surface area contributed by atoms with E-state index in [4.69, 9.17) is 5.11 Å². The molecule has 1 atom stereocenters. The molecule has 0 aromatic carbocycles. The minimum absolute atomic E-state index is 0.0316. The van der Waals surface area contributed by atoms with Gasteiger partial charge in [-0.15, -0.1) is 0 Å². The number of nitrogens with one attached hydrogen (secondary N) is 1. The van der Waals surface area contributed by atoms with Crippen LogP contribution in [0.2, 0.25) is 0 Å². The molecule has 1 rings (SSSR count). The van der Waals surface area contributed by atoms with Gasteiger partial charge in [0.25, 0.3) is 0 Å². The molecular weight excluding hydrogens is 238 g/mol. The highest BCUT2D eigenvalue weighted by atomic mass is 16.5. The van der Waals surface area contributed by atoms with E-state index in [1.54, 1.807) is 24.0 Å². The number of carboxylic acid groups (broad SMARTS) is 1. The molecule has 7 heteroatoms. The van der Waals surface area contributed by atoms with Crippen LogP contribution in [0.25, 0.3) is 0 Å². The van der Waals surface area contributed by atoms with Gasteiger partial charge in [-0.25, -0.2) is 9.59 Å². The maximum absolute atomic E-state index is 11.3. The molecule has 18 heavy (non-hydrogen) atoms. The number of aromatic nitrogens is 2. The molecule has 2 N–H and O–H groups in total. The summed E-state index contributed by atoms with van der Waals surface area (Å²) in [6.45, 7) is 3.42. The van der Waals surface area contributed by atoms with E-state index in [1.807, 2.05) is 0 Å². The van der Waals surface area contributed by atoms with Gasteiger partial charge in [0.1, 0.15) is 12.6 Å². The average Bonchev–Trinajstić information content (AvgIpc) is 2.71. The second-order valence-electron chi connectivity index (χ2n) is 3.57. The number of carbonyl (C=O) groups excluding carboxylic acids is 1. The lowest BCUT2D eigenvalue weighted by Crippen LogP contribution is -2.43. The smallest absolute Gasteiger partial charge is 0.408 e. The van der Waals surface area contributed by atoms with Crippen LogP contribution in [0.5, 0.6) is 0 Å². The quantitative estimate of drug-likeness (QED) is 0.712. The van der Waals surface area contributed by atoms with Gasteiger partial charge in [-0.3, -0.25) is 4.68 Å². The number of alkyl carbamates (subject to hydrolysis) is 1. The van der Waals surface area contributed by atoms with Crippen molar-refractivity contribution in [1.82, 2.24) is 15.1 Å². The van der Waals surface area contributed by atoms with Crippen LogP contribution in [0.3, 0.4) is 0 Å². The highest BCUT2D eigenvalue weighted by molar-refractivity contribution is 5.80. The summed E-state index contributed by atoms with van der Waals surface area (Å²) in [6, 6.07) is 0.630. The van der Waals surface area contributed by atoms with Crippen molar-refractivity contribution in [3.63, 3.8) is 0 Å². The van der Waals surface area contributed by atoms with Gasteiger partial charge < -0.3 is 15.2 Å². The first-order chi connectivity index (χ1) is 8.54. The number of hydrogen-bond donors (Lipinski definition) is 2. The van der Waals surface area contributed by atoms with Gasteiger partial charge in [0.05, 0.1) is 0 Å². The van der Waals surface area contributed by atoms with Gasteiger partial charge >= 0.3 is 12.1 Å². The second-order valence-corrected chi connectivity index (χ2v) is 3.57. The van der Waals surface area contributed by atoms with Crippen molar-refractivity contribution in [1.29, 1.82) is 0 Å². The molecule has 0 bridgehead atoms. The monoisotopic (exact) mass is 253 g/mol. The Bertz CT molecular complexity index is 441. The van der Waals surface area contributed by atoms with Gasteiger partial charge in [-0.05, 0) is 6.07 Å². The lowest BCUT2D eigenvalue weighted by Gasteiger charge is -2.14. The average molecular weight is 253 g/mol. The van der Waals surface area contributed by atoms with Gasteiger partial charge in [0.15, 0.2) is 0 Å². The van der Waals surface area contributed by atoms with Crippen molar-refractivity contribution in [3.05, 3.63) is 30.6 Å². The summed E-state index contributed by atoms with van der Waals surface area (Å²) in [4.78, 5) is 22.3. The molecule has 0 aliphatic rings. The molecule has 0 aliphatic carbocycles. The Hall–Kier alpha value is -2.31. The number of aryl methyl sites for hydroxylation is 1. The summed E-state index contributed by atoms with van der Waals surface area (Å²) in [6.07, 6.45) is 2.31. The van der Waals surface area contributed by atoms with E-state index in [1.165, 1.54) is 6.08 Å². The Labute approximate surface area is 104 Å². The van der Waals surface area contributed by atoms with Crippen LogP contribution in [-0.2, 0) is 23.0 Å². The number of carbonyl (C=O) groups is 2. The Balaban J connectivity index is 2.61. The molecule has 1 heterocycles. The third-order valence-corrected chi connectivity index (χ3v) is 2.26. The van der Waals surface area contributed by atoms with E-state index in [-0.39, 0.29) is 13.0 Å². The van der Waals surface area contributed by atoms with E-state index >= 15 is 0 Å². The van der Waals surface area contributed by atoms with Crippen molar-refractivity contribution in [2.45, 2.75) is 12.5 Å². The van der Waals surface area contributed by atoms with Crippen LogP contribution in [0.1, 0.15) is 5.69 Å². The van der Waals surface area contributed by atoms with Crippen LogP contribution >= 0.6 is 0 Å². The number of nitrogens with zero attached hydrogens (tertiary/aromatic N) is 2. The van der Waals surface area contributed by atoms with E-state index in [9.17, 15) is 9.59 Å². The number of rotatable bonds is 6. The Morgan fingerprint density at radius 3 is 2.94 bits per heavy atom. The summed E-state index contributed by atoms with van der Waals surface area (Å²) in [5.41, 5.74) is 0.700. The fourth-order valence-corrected chi connectivity index (χ4v) is 1.33. The summed E-state index contributed by atoms with van der Waals surface area (Å²) in [7, 11) is 1.70. The third kappa shape index (κ3) is 3.93. The largest absolute Gasteiger partial charge is 0.480 e. The second kappa shape index (κ2) is 6.43. The Morgan fingerprint density at radius 2 is 2.44 bits per heavy atom. The Kier molecular flexibility index (Phi) is 4.91. The van der Waals surface area contributed by atoms with E-state index in [2.05, 4.69) is 21.7 Å². The SMILES string of the molecule is C=CCOC(=O)NC(Cc1ccnn1C)C(=O)O. The molecule has 0 saturated carbocycles. The lowest BCUT2D eigenvalue weighted by molar-refractivity contribution is -0.139. The first-order valence-electron chi connectivity index (χ1n) is 5.28. The predicted molar refractivity (Wildman–Crippen MR) is 63.0 cm³/mol. The first-order valence-corrected chi connectivity index (χ1v) is 5.28. The standard InChI is InChI=1S/C11H15N3O4/c1-3-6-18-11(17)13-9(10(15)16)7-8-4-5-12-14(8)2/h3-5,9H,1,6-7H2,2H3,(H,13,17)(H,15,16). The maximum atomic E-state index is 11.3. The molecule has 1 unspecified atom stereocenters. The third-order valence-electron chi connectivity index (χ3n) is 2.26. The number of ether oxygens (including phenoxy) is 1. The fraction of sp³-hybridized carbons (Fsp3) is 0.364. The molecule has 1 amide bonds. The van der Waals surface area contributed by atoms with Crippen LogP contribution in [0.15, 0.2) is 24.9 Å². The molecule has 0 radical (unpaired) electrons. The first kappa shape index (κ1) is 13.8. The van der Waals surface area contributed by atoms with Crippen molar-refractivity contribution < 1.29 is 19.4 Å². The van der Waals surface area contributed by atoms with Crippen molar-refractivity contribution in [2.24, 2.45) is 7.05 Å². The zero-order valence-corrected chi connectivity index (χ0v) is 10.00. The minimum atomic E-state index is -1.13. The molecule has 1 aromatic rings. The van der Waals surface area contributed by atoms with Crippen molar-refractivity contribution in [3.8, 4) is 0 Å². The summed E-state index contributed by atoms with van der Waals surface area (Å²) in [5.74, 6) is -1.13. The molecule has 98 valence electrons. The molecular formula is C11H15N3O4.